The van der Waals surface area contributed by atoms with Crippen LogP contribution in [0.3, 0.4) is 0 Å². The molecule has 1 aromatic carbocycles. The molecule has 0 saturated heterocycles. The summed E-state index contributed by atoms with van der Waals surface area (Å²) >= 11 is 0. The molecule has 0 unspecified atom stereocenters. The maximum Gasteiger partial charge on any atom is 0.161 e. The largest absolute Gasteiger partial charge is 0.493 e. The van der Waals surface area contributed by atoms with Crippen molar-refractivity contribution in [3.05, 3.63) is 23.9 Å². The fourth-order valence-corrected chi connectivity index (χ4v) is 2.06. The highest BCUT2D eigenvalue weighted by atomic mass is 16.5. The van der Waals surface area contributed by atoms with Crippen LogP contribution in [0.4, 0.5) is 0 Å². The van der Waals surface area contributed by atoms with Crippen LogP contribution < -0.4 is 9.47 Å². The smallest absolute Gasteiger partial charge is 0.161 e. The maximum absolute atomic E-state index is 11.3. The van der Waals surface area contributed by atoms with Crippen molar-refractivity contribution in [3.8, 4) is 22.8 Å². The van der Waals surface area contributed by atoms with Gasteiger partial charge in [0.25, 0.3) is 0 Å². The third-order valence-corrected chi connectivity index (χ3v) is 3.01. The Morgan fingerprint density at radius 2 is 1.95 bits per heavy atom. The van der Waals surface area contributed by atoms with Crippen LogP contribution in [-0.4, -0.2) is 35.5 Å². The minimum absolute atomic E-state index is 0.516. The molecule has 0 N–H and O–H groups in total. The first-order valence-corrected chi connectivity index (χ1v) is 6.35. The van der Waals surface area contributed by atoms with Crippen molar-refractivity contribution in [1.82, 2.24) is 15.0 Å². The van der Waals surface area contributed by atoms with Crippen molar-refractivity contribution in [3.63, 3.8) is 0 Å². The Morgan fingerprint density at radius 1 is 1.25 bits per heavy atom. The van der Waals surface area contributed by atoms with E-state index in [0.717, 1.165) is 30.5 Å². The molecule has 6 nitrogen and oxygen atoms in total. The van der Waals surface area contributed by atoms with Gasteiger partial charge in [-0.25, -0.2) is 4.68 Å². The third-order valence-electron chi connectivity index (χ3n) is 3.01. The van der Waals surface area contributed by atoms with Gasteiger partial charge in [0.15, 0.2) is 17.8 Å². The molecule has 0 amide bonds. The van der Waals surface area contributed by atoms with Gasteiger partial charge >= 0.3 is 0 Å². The highest BCUT2D eigenvalue weighted by molar-refractivity contribution is 5.88. The van der Waals surface area contributed by atoms with Gasteiger partial charge in [-0.3, -0.25) is 4.79 Å². The molecule has 0 radical (unpaired) electrons. The average Bonchev–Trinajstić information content (AvgIpc) is 2.94. The van der Waals surface area contributed by atoms with Gasteiger partial charge < -0.3 is 9.47 Å². The van der Waals surface area contributed by atoms with Gasteiger partial charge in [-0.05, 0) is 18.6 Å². The van der Waals surface area contributed by atoms with E-state index in [1.54, 1.807) is 30.1 Å². The molecule has 2 aromatic rings. The van der Waals surface area contributed by atoms with Crippen LogP contribution in [-0.2, 0) is 6.54 Å². The Labute approximate surface area is 117 Å². The first kappa shape index (κ1) is 14.0. The van der Waals surface area contributed by atoms with Crippen LogP contribution in [0.25, 0.3) is 11.3 Å². The predicted octanol–water partition coefficient (Wildman–Crippen LogP) is 2.18. The molecular formula is C14H17N3O3. The predicted molar refractivity (Wildman–Crippen MR) is 74.2 cm³/mol. The summed E-state index contributed by atoms with van der Waals surface area (Å²) in [6.45, 7) is 2.79. The number of benzene rings is 1. The standard InChI is InChI=1S/C14H17N3O3/c1-4-5-17-12(8-15-16-17)11-7-14(20-3)13(19-2)6-10(11)9-18/h6-9H,4-5H2,1-3H3. The Morgan fingerprint density at radius 3 is 2.55 bits per heavy atom. The van der Waals surface area contributed by atoms with Crippen LogP contribution in [0.2, 0.25) is 0 Å². The maximum atomic E-state index is 11.3. The summed E-state index contributed by atoms with van der Waals surface area (Å²) in [4.78, 5) is 11.3. The summed E-state index contributed by atoms with van der Waals surface area (Å²) in [7, 11) is 3.10. The Balaban J connectivity index is 2.59. The average molecular weight is 275 g/mol. The van der Waals surface area contributed by atoms with E-state index >= 15 is 0 Å². The number of rotatable bonds is 6. The number of hydrogen-bond donors (Lipinski definition) is 0. The zero-order valence-corrected chi connectivity index (χ0v) is 11.8. The second-order valence-electron chi connectivity index (χ2n) is 4.25. The Kier molecular flexibility index (Phi) is 4.34. The van der Waals surface area contributed by atoms with Gasteiger partial charge in [-0.15, -0.1) is 5.10 Å². The van der Waals surface area contributed by atoms with E-state index in [-0.39, 0.29) is 0 Å². The Bertz CT molecular complexity index is 608. The number of carbonyl (C=O) groups is 1. The topological polar surface area (TPSA) is 66.2 Å². The first-order chi connectivity index (χ1) is 9.74. The van der Waals surface area contributed by atoms with Gasteiger partial charge in [0, 0.05) is 17.7 Å². The molecule has 0 aliphatic rings. The SMILES string of the molecule is CCCn1nncc1-c1cc(OC)c(OC)cc1C=O. The molecule has 20 heavy (non-hydrogen) atoms. The highest BCUT2D eigenvalue weighted by Gasteiger charge is 2.15. The van der Waals surface area contributed by atoms with E-state index in [2.05, 4.69) is 17.2 Å². The quantitative estimate of drug-likeness (QED) is 0.756. The molecular weight excluding hydrogens is 258 g/mol. The minimum Gasteiger partial charge on any atom is -0.493 e. The van der Waals surface area contributed by atoms with Gasteiger partial charge in [0.05, 0.1) is 26.1 Å². The molecule has 0 aliphatic heterocycles. The molecule has 6 heteroatoms. The third kappa shape index (κ3) is 2.49. The summed E-state index contributed by atoms with van der Waals surface area (Å²) < 4.78 is 12.3. The molecule has 0 saturated carbocycles. The summed E-state index contributed by atoms with van der Waals surface area (Å²) in [6.07, 6.45) is 3.37. The van der Waals surface area contributed by atoms with E-state index < -0.39 is 0 Å². The molecule has 0 bridgehead atoms. The lowest BCUT2D eigenvalue weighted by Gasteiger charge is -2.12. The van der Waals surface area contributed by atoms with Gasteiger partial charge in [0.2, 0.25) is 0 Å². The molecule has 106 valence electrons. The summed E-state index contributed by atoms with van der Waals surface area (Å²) in [6, 6.07) is 3.43. The van der Waals surface area contributed by atoms with E-state index in [4.69, 9.17) is 9.47 Å². The van der Waals surface area contributed by atoms with Crippen molar-refractivity contribution in [2.45, 2.75) is 19.9 Å². The van der Waals surface area contributed by atoms with E-state index in [1.165, 1.54) is 7.11 Å². The Hall–Kier alpha value is -2.37. The highest BCUT2D eigenvalue weighted by Crippen LogP contribution is 2.34. The monoisotopic (exact) mass is 275 g/mol. The van der Waals surface area contributed by atoms with Crippen molar-refractivity contribution < 1.29 is 14.3 Å². The fourth-order valence-electron chi connectivity index (χ4n) is 2.06. The number of aldehydes is 1. The number of carbonyl (C=O) groups excluding carboxylic acids is 1. The van der Waals surface area contributed by atoms with Crippen LogP contribution in [0.5, 0.6) is 11.5 Å². The normalized spacial score (nSPS) is 10.3. The minimum atomic E-state index is 0.516. The van der Waals surface area contributed by atoms with Crippen molar-refractivity contribution >= 4 is 6.29 Å². The second kappa shape index (κ2) is 6.18. The molecule has 1 heterocycles. The van der Waals surface area contributed by atoms with E-state index in [9.17, 15) is 4.79 Å². The molecule has 0 fully saturated rings. The number of aromatic nitrogens is 3. The van der Waals surface area contributed by atoms with Crippen LogP contribution in [0, 0.1) is 0 Å². The van der Waals surface area contributed by atoms with Crippen molar-refractivity contribution in [2.75, 3.05) is 14.2 Å². The zero-order valence-electron chi connectivity index (χ0n) is 11.8. The molecule has 0 spiro atoms. The van der Waals surface area contributed by atoms with Gasteiger partial charge in [-0.2, -0.15) is 0 Å². The summed E-state index contributed by atoms with van der Waals surface area (Å²) in [5.74, 6) is 1.09. The van der Waals surface area contributed by atoms with Gasteiger partial charge in [-0.1, -0.05) is 12.1 Å². The van der Waals surface area contributed by atoms with Crippen LogP contribution >= 0.6 is 0 Å². The zero-order chi connectivity index (χ0) is 14.5. The number of nitrogens with zero attached hydrogens (tertiary/aromatic N) is 3. The lowest BCUT2D eigenvalue weighted by Crippen LogP contribution is -2.03. The van der Waals surface area contributed by atoms with Crippen molar-refractivity contribution in [1.29, 1.82) is 0 Å². The molecule has 0 atom stereocenters. The number of hydrogen-bond acceptors (Lipinski definition) is 5. The first-order valence-electron chi connectivity index (χ1n) is 6.35. The van der Waals surface area contributed by atoms with Crippen LogP contribution in [0.1, 0.15) is 23.7 Å². The fraction of sp³-hybridized carbons (Fsp3) is 0.357. The summed E-state index contributed by atoms with van der Waals surface area (Å²) in [5.41, 5.74) is 2.04. The van der Waals surface area contributed by atoms with E-state index in [1.807, 2.05) is 0 Å². The number of aryl methyl sites for hydroxylation is 1. The number of methoxy groups -OCH3 is 2. The van der Waals surface area contributed by atoms with Crippen LogP contribution in [0.15, 0.2) is 18.3 Å². The molecule has 2 rings (SSSR count). The number of ether oxygens (including phenoxy) is 2. The van der Waals surface area contributed by atoms with Gasteiger partial charge in [0.1, 0.15) is 0 Å². The lowest BCUT2D eigenvalue weighted by atomic mass is 10.0. The summed E-state index contributed by atoms with van der Waals surface area (Å²) in [5, 5.41) is 7.95. The molecule has 1 aromatic heterocycles. The second-order valence-corrected chi connectivity index (χ2v) is 4.25. The van der Waals surface area contributed by atoms with E-state index in [0.29, 0.717) is 17.1 Å². The van der Waals surface area contributed by atoms with Crippen molar-refractivity contribution in [2.24, 2.45) is 0 Å². The molecule has 0 aliphatic carbocycles. The lowest BCUT2D eigenvalue weighted by molar-refractivity contribution is 0.112.